The van der Waals surface area contributed by atoms with E-state index >= 15 is 0 Å². The molecule has 0 saturated carbocycles. The summed E-state index contributed by atoms with van der Waals surface area (Å²) in [6.45, 7) is 1.80. The Hall–Kier alpha value is -3.85. The molecule has 1 fully saturated rings. The summed E-state index contributed by atoms with van der Waals surface area (Å²) >= 11 is 0. The number of nitriles is 1. The molecule has 1 aromatic heterocycles. The molecule has 0 radical (unpaired) electrons. The van der Waals surface area contributed by atoms with Crippen LogP contribution in [-0.4, -0.2) is 28.6 Å². The maximum absolute atomic E-state index is 12.9. The van der Waals surface area contributed by atoms with Gasteiger partial charge in [-0.15, -0.1) is 0 Å². The Balaban J connectivity index is 1.49. The Kier molecular flexibility index (Phi) is 4.79. The van der Waals surface area contributed by atoms with E-state index in [1.807, 2.05) is 64.1 Å². The average Bonchev–Trinajstić information content (AvgIpc) is 2.80. The van der Waals surface area contributed by atoms with Crippen molar-refractivity contribution in [2.75, 3.05) is 18.4 Å². The summed E-state index contributed by atoms with van der Waals surface area (Å²) in [4.78, 5) is 27.5. The highest BCUT2D eigenvalue weighted by atomic mass is 16.2. The van der Waals surface area contributed by atoms with Crippen LogP contribution in [0.25, 0.3) is 11.1 Å². The van der Waals surface area contributed by atoms with Crippen molar-refractivity contribution in [1.82, 2.24) is 9.47 Å². The number of amides is 2. The first-order valence-electron chi connectivity index (χ1n) is 10.5. The number of hydrogen-bond acceptors (Lipinski definition) is 3. The number of nitrogens with one attached hydrogen (secondary N) is 1. The molecule has 2 aliphatic rings. The highest BCUT2D eigenvalue weighted by Gasteiger charge is 2.37. The molecule has 3 heterocycles. The number of hydrogen-bond donors (Lipinski definition) is 1. The van der Waals surface area contributed by atoms with E-state index in [2.05, 4.69) is 11.4 Å². The number of pyridine rings is 1. The molecule has 3 aromatic rings. The maximum Gasteiger partial charge on any atom is 0.321 e. The fourth-order valence-corrected chi connectivity index (χ4v) is 4.91. The molecular formula is C25H22N4O2. The van der Waals surface area contributed by atoms with E-state index in [9.17, 15) is 14.9 Å². The number of aromatic nitrogens is 1. The number of fused-ring (bicyclic) bond motifs is 4. The smallest absolute Gasteiger partial charge is 0.321 e. The number of para-hydroxylation sites is 1. The Labute approximate surface area is 180 Å². The summed E-state index contributed by atoms with van der Waals surface area (Å²) < 4.78 is 1.87. The summed E-state index contributed by atoms with van der Waals surface area (Å²) in [5.41, 5.74) is 4.21. The van der Waals surface area contributed by atoms with Crippen molar-refractivity contribution < 1.29 is 4.79 Å². The van der Waals surface area contributed by atoms with Crippen LogP contribution in [0.5, 0.6) is 0 Å². The highest BCUT2D eigenvalue weighted by Crippen LogP contribution is 2.40. The Bertz CT molecular complexity index is 1240. The molecule has 0 spiro atoms. The van der Waals surface area contributed by atoms with Gasteiger partial charge in [-0.2, -0.15) is 5.26 Å². The van der Waals surface area contributed by atoms with Gasteiger partial charge in [0.05, 0.1) is 11.6 Å². The molecule has 6 heteroatoms. The van der Waals surface area contributed by atoms with Crippen LogP contribution >= 0.6 is 0 Å². The second-order valence-corrected chi connectivity index (χ2v) is 8.27. The molecular weight excluding hydrogens is 388 g/mol. The molecule has 5 rings (SSSR count). The van der Waals surface area contributed by atoms with E-state index in [-0.39, 0.29) is 23.4 Å². The summed E-state index contributed by atoms with van der Waals surface area (Å²) in [6.07, 6.45) is 0.948. The average molecular weight is 410 g/mol. The van der Waals surface area contributed by atoms with Gasteiger partial charge in [0, 0.05) is 48.6 Å². The lowest BCUT2D eigenvalue weighted by Gasteiger charge is -2.43. The van der Waals surface area contributed by atoms with Crippen LogP contribution in [-0.2, 0) is 6.54 Å². The Morgan fingerprint density at radius 3 is 2.65 bits per heavy atom. The van der Waals surface area contributed by atoms with Gasteiger partial charge in [0.1, 0.15) is 0 Å². The molecule has 2 bridgehead atoms. The number of rotatable bonds is 2. The van der Waals surface area contributed by atoms with Gasteiger partial charge in [-0.1, -0.05) is 30.3 Å². The van der Waals surface area contributed by atoms with Crippen molar-refractivity contribution in [3.8, 4) is 17.2 Å². The monoisotopic (exact) mass is 410 g/mol. The Morgan fingerprint density at radius 2 is 1.84 bits per heavy atom. The van der Waals surface area contributed by atoms with Crippen LogP contribution in [0, 0.1) is 17.2 Å². The first-order valence-corrected chi connectivity index (χ1v) is 10.5. The summed E-state index contributed by atoms with van der Waals surface area (Å²) in [5, 5.41) is 12.3. The third-order valence-corrected chi connectivity index (χ3v) is 6.20. The number of likely N-dealkylation sites (tertiary alicyclic amines) is 1. The number of carbonyl (C=O) groups is 1. The van der Waals surface area contributed by atoms with Crippen LogP contribution < -0.4 is 10.9 Å². The quantitative estimate of drug-likeness (QED) is 0.693. The molecule has 0 aliphatic carbocycles. The fourth-order valence-electron chi connectivity index (χ4n) is 4.91. The minimum Gasteiger partial charge on any atom is -0.324 e. The predicted octanol–water partition coefficient (Wildman–Crippen LogP) is 4.04. The third-order valence-electron chi connectivity index (χ3n) is 6.20. The first-order chi connectivity index (χ1) is 15.1. The molecule has 154 valence electrons. The van der Waals surface area contributed by atoms with E-state index < -0.39 is 0 Å². The number of benzene rings is 2. The highest BCUT2D eigenvalue weighted by molar-refractivity contribution is 5.89. The second-order valence-electron chi connectivity index (χ2n) is 8.27. The number of nitrogens with zero attached hydrogens (tertiary/aromatic N) is 3. The van der Waals surface area contributed by atoms with E-state index in [0.717, 1.165) is 28.9 Å². The lowest BCUT2D eigenvalue weighted by molar-refractivity contribution is 0.140. The van der Waals surface area contributed by atoms with Crippen LogP contribution in [0.1, 0.15) is 23.6 Å². The number of piperidine rings is 1. The minimum atomic E-state index is -0.111. The minimum absolute atomic E-state index is 0.00734. The third kappa shape index (κ3) is 3.59. The van der Waals surface area contributed by atoms with Gasteiger partial charge in [0.25, 0.3) is 5.56 Å². The standard InChI is InChI=1S/C25H22N4O2/c26-13-17-5-4-6-19(11-17)22-9-10-23(30)29-15-18-12-20(24(22)29)16-28(14-18)25(31)27-21-7-2-1-3-8-21/h1-11,18,20H,12,14-16H2,(H,27,31)/t18-,20-/m1/s1. The van der Waals surface area contributed by atoms with Gasteiger partial charge in [-0.25, -0.2) is 4.79 Å². The van der Waals surface area contributed by atoms with Crippen LogP contribution in [0.15, 0.2) is 71.5 Å². The molecule has 2 amide bonds. The fraction of sp³-hybridized carbons (Fsp3) is 0.240. The molecule has 6 nitrogen and oxygen atoms in total. The van der Waals surface area contributed by atoms with Gasteiger partial charge >= 0.3 is 6.03 Å². The molecule has 2 aliphatic heterocycles. The second kappa shape index (κ2) is 7.77. The number of anilines is 1. The SMILES string of the molecule is N#Cc1cccc(-c2ccc(=O)n3c2[C@@H]2C[C@H](CN(C(=O)Nc4ccccc4)C2)C3)c1. The van der Waals surface area contributed by atoms with E-state index in [0.29, 0.717) is 25.2 Å². The van der Waals surface area contributed by atoms with Gasteiger partial charge in [0.2, 0.25) is 0 Å². The maximum atomic E-state index is 12.9. The van der Waals surface area contributed by atoms with Gasteiger partial charge in [0.15, 0.2) is 0 Å². The van der Waals surface area contributed by atoms with Crippen molar-refractivity contribution in [2.45, 2.75) is 18.9 Å². The van der Waals surface area contributed by atoms with Crippen LogP contribution in [0.4, 0.5) is 10.5 Å². The van der Waals surface area contributed by atoms with Gasteiger partial charge < -0.3 is 14.8 Å². The summed E-state index contributed by atoms with van der Waals surface area (Å²) in [7, 11) is 0. The molecule has 2 atom stereocenters. The van der Waals surface area contributed by atoms with Crippen LogP contribution in [0.2, 0.25) is 0 Å². The van der Waals surface area contributed by atoms with Crippen molar-refractivity contribution >= 4 is 11.7 Å². The molecule has 1 saturated heterocycles. The van der Waals surface area contributed by atoms with Crippen molar-refractivity contribution in [3.05, 3.63) is 88.3 Å². The van der Waals surface area contributed by atoms with Gasteiger partial charge in [-0.3, -0.25) is 4.79 Å². The lowest BCUT2D eigenvalue weighted by atomic mass is 9.80. The van der Waals surface area contributed by atoms with Crippen molar-refractivity contribution in [2.24, 2.45) is 5.92 Å². The van der Waals surface area contributed by atoms with E-state index in [4.69, 9.17) is 0 Å². The van der Waals surface area contributed by atoms with E-state index in [1.165, 1.54) is 0 Å². The number of carbonyl (C=O) groups excluding carboxylic acids is 1. The molecule has 31 heavy (non-hydrogen) atoms. The first kappa shape index (κ1) is 19.1. The largest absolute Gasteiger partial charge is 0.324 e. The normalized spacial score (nSPS) is 19.3. The zero-order chi connectivity index (χ0) is 21.4. The zero-order valence-corrected chi connectivity index (χ0v) is 17.0. The molecule has 0 unspecified atom stereocenters. The number of urea groups is 1. The van der Waals surface area contributed by atoms with Crippen LogP contribution in [0.3, 0.4) is 0 Å². The summed E-state index contributed by atoms with van der Waals surface area (Å²) in [5.74, 6) is 0.315. The molecule has 1 N–H and O–H groups in total. The Morgan fingerprint density at radius 1 is 1.00 bits per heavy atom. The zero-order valence-electron chi connectivity index (χ0n) is 17.0. The predicted molar refractivity (Wildman–Crippen MR) is 119 cm³/mol. The van der Waals surface area contributed by atoms with Crippen molar-refractivity contribution in [1.29, 1.82) is 5.26 Å². The molecule has 2 aromatic carbocycles. The summed E-state index contributed by atoms with van der Waals surface area (Å²) in [6, 6.07) is 22.5. The van der Waals surface area contributed by atoms with Gasteiger partial charge in [-0.05, 0) is 48.2 Å². The topological polar surface area (TPSA) is 78.1 Å². The lowest BCUT2D eigenvalue weighted by Crippen LogP contribution is -2.50. The van der Waals surface area contributed by atoms with E-state index in [1.54, 1.807) is 12.1 Å². The van der Waals surface area contributed by atoms with Crippen molar-refractivity contribution in [3.63, 3.8) is 0 Å².